The maximum absolute atomic E-state index is 12.2. The number of piperazine rings is 2. The number of carbonyl (C=O) groups excluding carboxylic acids is 2. The zero-order valence-corrected chi connectivity index (χ0v) is 12.7. The second-order valence-corrected chi connectivity index (χ2v) is 5.45. The number of amides is 2. The third-order valence-electron chi connectivity index (χ3n) is 4.40. The quantitative estimate of drug-likeness (QED) is 0.629. The monoisotopic (exact) mass is 282 g/mol. The molecule has 0 radical (unpaired) electrons. The van der Waals surface area contributed by atoms with Crippen molar-refractivity contribution in [3.05, 3.63) is 0 Å². The summed E-state index contributed by atoms with van der Waals surface area (Å²) >= 11 is 0. The van der Waals surface area contributed by atoms with Gasteiger partial charge in [0.25, 0.3) is 0 Å². The minimum absolute atomic E-state index is 0.314. The van der Waals surface area contributed by atoms with Gasteiger partial charge < -0.3 is 19.6 Å². The molecule has 2 amide bonds. The van der Waals surface area contributed by atoms with Crippen LogP contribution in [0.25, 0.3) is 0 Å². The van der Waals surface area contributed by atoms with Crippen molar-refractivity contribution in [2.75, 3.05) is 65.4 Å². The van der Waals surface area contributed by atoms with E-state index in [-0.39, 0.29) is 11.8 Å². The Morgan fingerprint density at radius 1 is 0.650 bits per heavy atom. The SMILES string of the molecule is CCN1CCN(C(=O)C(=O)N2CCN(CC)CC2)CC1. The van der Waals surface area contributed by atoms with Gasteiger partial charge >= 0.3 is 11.8 Å². The summed E-state index contributed by atoms with van der Waals surface area (Å²) in [5.41, 5.74) is 0. The molecule has 0 spiro atoms. The van der Waals surface area contributed by atoms with Crippen LogP contribution in [-0.2, 0) is 9.59 Å². The zero-order valence-electron chi connectivity index (χ0n) is 12.7. The minimum Gasteiger partial charge on any atom is -0.332 e. The van der Waals surface area contributed by atoms with Gasteiger partial charge in [-0.05, 0) is 13.1 Å². The summed E-state index contributed by atoms with van der Waals surface area (Å²) in [5.74, 6) is -0.628. The Morgan fingerprint density at radius 2 is 0.950 bits per heavy atom. The van der Waals surface area contributed by atoms with Crippen molar-refractivity contribution in [3.8, 4) is 0 Å². The Labute approximate surface area is 121 Å². The molecule has 0 aliphatic carbocycles. The second-order valence-electron chi connectivity index (χ2n) is 5.45. The fourth-order valence-electron chi connectivity index (χ4n) is 2.80. The Bertz CT molecular complexity index is 311. The lowest BCUT2D eigenvalue weighted by Gasteiger charge is -2.37. The lowest BCUT2D eigenvalue weighted by atomic mass is 10.2. The Hall–Kier alpha value is -1.14. The lowest BCUT2D eigenvalue weighted by molar-refractivity contribution is -0.153. The van der Waals surface area contributed by atoms with E-state index in [9.17, 15) is 9.59 Å². The van der Waals surface area contributed by atoms with E-state index in [4.69, 9.17) is 0 Å². The Balaban J connectivity index is 1.82. The summed E-state index contributed by atoms with van der Waals surface area (Å²) in [4.78, 5) is 32.5. The first-order valence-corrected chi connectivity index (χ1v) is 7.68. The molecule has 2 saturated heterocycles. The molecule has 2 aliphatic heterocycles. The topological polar surface area (TPSA) is 47.1 Å². The first-order chi connectivity index (χ1) is 9.65. The zero-order chi connectivity index (χ0) is 14.5. The van der Waals surface area contributed by atoms with Gasteiger partial charge in [-0.1, -0.05) is 13.8 Å². The highest BCUT2D eigenvalue weighted by Crippen LogP contribution is 2.06. The molecule has 2 heterocycles. The van der Waals surface area contributed by atoms with E-state index < -0.39 is 0 Å². The summed E-state index contributed by atoms with van der Waals surface area (Å²) in [5, 5.41) is 0. The molecule has 0 unspecified atom stereocenters. The van der Waals surface area contributed by atoms with E-state index in [1.165, 1.54) is 0 Å². The summed E-state index contributed by atoms with van der Waals surface area (Å²) in [6.45, 7) is 12.5. The standard InChI is InChI=1S/C14H26N4O2/c1-3-15-5-9-17(10-6-15)13(19)14(20)18-11-7-16(4-2)8-12-18/h3-12H2,1-2H3. The van der Waals surface area contributed by atoms with Crippen molar-refractivity contribution in [3.63, 3.8) is 0 Å². The molecule has 0 N–H and O–H groups in total. The molecule has 0 aromatic heterocycles. The van der Waals surface area contributed by atoms with Crippen LogP contribution >= 0.6 is 0 Å². The number of nitrogens with zero attached hydrogens (tertiary/aromatic N) is 4. The van der Waals surface area contributed by atoms with E-state index in [0.717, 1.165) is 39.3 Å². The van der Waals surface area contributed by atoms with E-state index in [1.807, 2.05) is 0 Å². The summed E-state index contributed by atoms with van der Waals surface area (Å²) in [6, 6.07) is 0. The van der Waals surface area contributed by atoms with E-state index in [0.29, 0.717) is 26.2 Å². The van der Waals surface area contributed by atoms with Gasteiger partial charge in [-0.15, -0.1) is 0 Å². The Kier molecular flexibility index (Phi) is 5.37. The van der Waals surface area contributed by atoms with Crippen molar-refractivity contribution >= 4 is 11.8 Å². The molecule has 2 rings (SSSR count). The molecule has 2 fully saturated rings. The number of rotatable bonds is 2. The van der Waals surface area contributed by atoms with Crippen LogP contribution in [0.2, 0.25) is 0 Å². The molecule has 114 valence electrons. The third-order valence-corrected chi connectivity index (χ3v) is 4.40. The van der Waals surface area contributed by atoms with Crippen LogP contribution in [0.4, 0.5) is 0 Å². The molecule has 20 heavy (non-hydrogen) atoms. The number of carbonyl (C=O) groups is 2. The third kappa shape index (κ3) is 3.49. The first kappa shape index (κ1) is 15.3. The molecule has 6 nitrogen and oxygen atoms in total. The highest BCUT2D eigenvalue weighted by Gasteiger charge is 2.30. The van der Waals surface area contributed by atoms with Crippen LogP contribution in [0.1, 0.15) is 13.8 Å². The summed E-state index contributed by atoms with van der Waals surface area (Å²) in [7, 11) is 0. The van der Waals surface area contributed by atoms with Crippen LogP contribution < -0.4 is 0 Å². The van der Waals surface area contributed by atoms with Crippen molar-refractivity contribution in [2.24, 2.45) is 0 Å². The summed E-state index contributed by atoms with van der Waals surface area (Å²) in [6.07, 6.45) is 0. The molecular formula is C14H26N4O2. The molecule has 0 bridgehead atoms. The van der Waals surface area contributed by atoms with Gasteiger partial charge in [-0.2, -0.15) is 0 Å². The minimum atomic E-state index is -0.314. The molecule has 2 aliphatic rings. The average Bonchev–Trinajstić information content (AvgIpc) is 2.53. The fourth-order valence-corrected chi connectivity index (χ4v) is 2.80. The highest BCUT2D eigenvalue weighted by atomic mass is 16.2. The lowest BCUT2D eigenvalue weighted by Crippen LogP contribution is -2.56. The van der Waals surface area contributed by atoms with Gasteiger partial charge in [0.2, 0.25) is 0 Å². The number of likely N-dealkylation sites (N-methyl/N-ethyl adjacent to an activating group) is 2. The Morgan fingerprint density at radius 3 is 1.20 bits per heavy atom. The average molecular weight is 282 g/mol. The predicted molar refractivity (Wildman–Crippen MR) is 77.4 cm³/mol. The van der Waals surface area contributed by atoms with E-state index in [1.54, 1.807) is 9.80 Å². The van der Waals surface area contributed by atoms with Crippen molar-refractivity contribution in [1.29, 1.82) is 0 Å². The smallest absolute Gasteiger partial charge is 0.312 e. The van der Waals surface area contributed by atoms with Crippen molar-refractivity contribution in [2.45, 2.75) is 13.8 Å². The summed E-state index contributed by atoms with van der Waals surface area (Å²) < 4.78 is 0. The molecule has 0 aromatic carbocycles. The maximum Gasteiger partial charge on any atom is 0.312 e. The molecule has 0 atom stereocenters. The van der Waals surface area contributed by atoms with Crippen LogP contribution in [0.5, 0.6) is 0 Å². The van der Waals surface area contributed by atoms with Gasteiger partial charge in [0.15, 0.2) is 0 Å². The van der Waals surface area contributed by atoms with Crippen LogP contribution in [0.3, 0.4) is 0 Å². The molecular weight excluding hydrogens is 256 g/mol. The van der Waals surface area contributed by atoms with E-state index >= 15 is 0 Å². The second kappa shape index (κ2) is 7.04. The van der Waals surface area contributed by atoms with Gasteiger partial charge in [0.05, 0.1) is 0 Å². The first-order valence-electron chi connectivity index (χ1n) is 7.68. The maximum atomic E-state index is 12.2. The molecule has 6 heteroatoms. The molecule has 0 saturated carbocycles. The number of hydrogen-bond donors (Lipinski definition) is 0. The van der Waals surface area contributed by atoms with Crippen LogP contribution in [0.15, 0.2) is 0 Å². The van der Waals surface area contributed by atoms with Crippen molar-refractivity contribution in [1.82, 2.24) is 19.6 Å². The largest absolute Gasteiger partial charge is 0.332 e. The van der Waals surface area contributed by atoms with Gasteiger partial charge in [-0.3, -0.25) is 9.59 Å². The highest BCUT2D eigenvalue weighted by molar-refractivity contribution is 6.34. The fraction of sp³-hybridized carbons (Fsp3) is 0.857. The van der Waals surface area contributed by atoms with E-state index in [2.05, 4.69) is 23.6 Å². The van der Waals surface area contributed by atoms with Gasteiger partial charge in [-0.25, -0.2) is 0 Å². The normalized spacial score (nSPS) is 22.1. The van der Waals surface area contributed by atoms with Gasteiger partial charge in [0.1, 0.15) is 0 Å². The predicted octanol–water partition coefficient (Wildman–Crippen LogP) is -0.685. The van der Waals surface area contributed by atoms with Gasteiger partial charge in [0, 0.05) is 52.4 Å². The van der Waals surface area contributed by atoms with Crippen molar-refractivity contribution < 1.29 is 9.59 Å². The number of hydrogen-bond acceptors (Lipinski definition) is 4. The van der Waals surface area contributed by atoms with Crippen LogP contribution in [0, 0.1) is 0 Å². The molecule has 0 aromatic rings. The van der Waals surface area contributed by atoms with Crippen LogP contribution in [-0.4, -0.2) is 96.9 Å².